The van der Waals surface area contributed by atoms with E-state index in [1.54, 1.807) is 13.2 Å². The summed E-state index contributed by atoms with van der Waals surface area (Å²) < 4.78 is 34.6. The summed E-state index contributed by atoms with van der Waals surface area (Å²) in [6.07, 6.45) is 10.0. The van der Waals surface area contributed by atoms with Crippen LogP contribution < -0.4 is 15.0 Å². The molecule has 2 aromatic heterocycles. The first kappa shape index (κ1) is 23.0. The number of carbonyl (C=O) groups is 1. The molecule has 2 aromatic rings. The Morgan fingerprint density at radius 2 is 1.88 bits per heavy atom. The van der Waals surface area contributed by atoms with Gasteiger partial charge in [-0.25, -0.2) is 13.4 Å². The Labute approximate surface area is 199 Å². The maximum absolute atomic E-state index is 13.1. The van der Waals surface area contributed by atoms with Gasteiger partial charge in [-0.3, -0.25) is 14.4 Å². The number of hydrogen-bond acceptors (Lipinski definition) is 8. The van der Waals surface area contributed by atoms with Crippen LogP contribution in [0, 0.1) is 0 Å². The van der Waals surface area contributed by atoms with Gasteiger partial charge in [0.25, 0.3) is 5.91 Å². The summed E-state index contributed by atoms with van der Waals surface area (Å²) >= 11 is 0. The summed E-state index contributed by atoms with van der Waals surface area (Å²) in [5, 5.41) is 7.32. The van der Waals surface area contributed by atoms with Gasteiger partial charge in [-0.05, 0) is 32.1 Å². The highest BCUT2D eigenvalue weighted by molar-refractivity contribution is 7.89. The Balaban J connectivity index is 1.29. The van der Waals surface area contributed by atoms with E-state index in [9.17, 15) is 13.2 Å². The topological polar surface area (TPSA) is 123 Å². The Morgan fingerprint density at radius 1 is 1.15 bits per heavy atom. The van der Waals surface area contributed by atoms with Crippen LogP contribution in [-0.2, 0) is 21.9 Å². The minimum atomic E-state index is -3.55. The molecule has 11 nitrogen and oxygen atoms in total. The van der Waals surface area contributed by atoms with Crippen LogP contribution >= 0.6 is 0 Å². The predicted molar refractivity (Wildman–Crippen MR) is 125 cm³/mol. The Morgan fingerprint density at radius 3 is 2.53 bits per heavy atom. The third kappa shape index (κ3) is 4.24. The highest BCUT2D eigenvalue weighted by Crippen LogP contribution is 2.38. The fourth-order valence-electron chi connectivity index (χ4n) is 5.03. The molecule has 5 rings (SSSR count). The first-order valence-electron chi connectivity index (χ1n) is 12.0. The van der Waals surface area contributed by atoms with Gasteiger partial charge >= 0.3 is 0 Å². The number of rotatable bonds is 6. The van der Waals surface area contributed by atoms with Gasteiger partial charge in [0.15, 0.2) is 17.7 Å². The summed E-state index contributed by atoms with van der Waals surface area (Å²) in [5.41, 5.74) is 0. The molecule has 1 saturated carbocycles. The van der Waals surface area contributed by atoms with E-state index in [1.165, 1.54) is 21.4 Å². The van der Waals surface area contributed by atoms with Gasteiger partial charge in [-0.2, -0.15) is 14.4 Å². The fraction of sp³-hybridized carbons (Fsp3) is 0.636. The maximum Gasteiger partial charge on any atom is 0.269 e. The van der Waals surface area contributed by atoms with Gasteiger partial charge in [-0.15, -0.1) is 0 Å². The van der Waals surface area contributed by atoms with E-state index in [1.807, 2.05) is 11.8 Å². The lowest BCUT2D eigenvalue weighted by Gasteiger charge is -2.37. The second-order valence-electron chi connectivity index (χ2n) is 9.22. The molecule has 0 spiro atoms. The maximum atomic E-state index is 13.1. The molecule has 0 radical (unpaired) electrons. The molecule has 184 valence electrons. The van der Waals surface area contributed by atoms with Crippen molar-refractivity contribution in [3.63, 3.8) is 0 Å². The highest BCUT2D eigenvalue weighted by Gasteiger charge is 2.40. The fourth-order valence-corrected chi connectivity index (χ4v) is 6.48. The van der Waals surface area contributed by atoms with Crippen LogP contribution in [0.15, 0.2) is 23.5 Å². The van der Waals surface area contributed by atoms with E-state index in [0.29, 0.717) is 49.9 Å². The second kappa shape index (κ2) is 9.14. The van der Waals surface area contributed by atoms with Crippen molar-refractivity contribution in [3.8, 4) is 5.75 Å². The van der Waals surface area contributed by atoms with E-state index in [-0.39, 0.29) is 22.9 Å². The number of aryl methyl sites for hydroxylation is 1. The molecule has 1 unspecified atom stereocenters. The largest absolute Gasteiger partial charge is 0.475 e. The number of nitrogens with one attached hydrogen (secondary N) is 1. The van der Waals surface area contributed by atoms with Crippen LogP contribution in [0.3, 0.4) is 0 Å². The number of anilines is 2. The Hall–Kier alpha value is -2.73. The van der Waals surface area contributed by atoms with Gasteiger partial charge in [-0.1, -0.05) is 19.8 Å². The lowest BCUT2D eigenvalue weighted by molar-refractivity contribution is -0.127. The smallest absolute Gasteiger partial charge is 0.269 e. The van der Waals surface area contributed by atoms with E-state index in [2.05, 4.69) is 20.4 Å². The monoisotopic (exact) mass is 489 g/mol. The Bertz CT molecular complexity index is 1150. The van der Waals surface area contributed by atoms with E-state index in [4.69, 9.17) is 4.74 Å². The first-order valence-corrected chi connectivity index (χ1v) is 13.4. The van der Waals surface area contributed by atoms with Crippen LogP contribution in [0.2, 0.25) is 0 Å². The van der Waals surface area contributed by atoms with Crippen molar-refractivity contribution in [1.82, 2.24) is 24.1 Å². The summed E-state index contributed by atoms with van der Waals surface area (Å²) in [6, 6.07) is 0.176. The standard InChI is InChI=1S/C22H31N7O4S/c1-3-18-21(30)29(16-6-4-5-7-16)20-19(33-18)13-23-22(26-20)25-15-8-10-28(11-9-15)34(31,32)17-12-24-27(2)14-17/h12-16,18H,3-11H2,1-2H3,(H,23,25,26). The minimum absolute atomic E-state index is 0.0273. The number of nitrogens with zero attached hydrogens (tertiary/aromatic N) is 6. The van der Waals surface area contributed by atoms with Crippen molar-refractivity contribution >= 4 is 27.7 Å². The van der Waals surface area contributed by atoms with Crippen molar-refractivity contribution in [2.45, 2.75) is 75.0 Å². The Kier molecular flexibility index (Phi) is 6.19. The van der Waals surface area contributed by atoms with Crippen LogP contribution in [0.25, 0.3) is 0 Å². The lowest BCUT2D eigenvalue weighted by Crippen LogP contribution is -2.50. The summed E-state index contributed by atoms with van der Waals surface area (Å²) in [5.74, 6) is 1.49. The average Bonchev–Trinajstić information content (AvgIpc) is 3.51. The number of carbonyl (C=O) groups excluding carboxylic acids is 1. The van der Waals surface area contributed by atoms with Gasteiger partial charge in [0.05, 0.1) is 12.4 Å². The molecule has 0 aromatic carbocycles. The van der Waals surface area contributed by atoms with Gasteiger partial charge < -0.3 is 10.1 Å². The zero-order valence-corrected chi connectivity index (χ0v) is 20.4. The molecule has 3 aliphatic rings. The number of fused-ring (bicyclic) bond motifs is 1. The van der Waals surface area contributed by atoms with Crippen LogP contribution in [0.1, 0.15) is 51.9 Å². The van der Waals surface area contributed by atoms with Crippen LogP contribution in [0.5, 0.6) is 5.75 Å². The molecule has 12 heteroatoms. The number of ether oxygens (including phenoxy) is 1. The van der Waals surface area contributed by atoms with E-state index < -0.39 is 16.1 Å². The van der Waals surface area contributed by atoms with Gasteiger partial charge in [0.2, 0.25) is 16.0 Å². The molecule has 1 N–H and O–H groups in total. The molecule has 1 aliphatic carbocycles. The number of aromatic nitrogens is 4. The molecule has 1 saturated heterocycles. The molecular formula is C22H31N7O4S. The third-order valence-corrected chi connectivity index (χ3v) is 8.76. The number of amides is 1. The SMILES string of the molecule is CCC1Oc2cnc(NC3CCN(S(=O)(=O)c4cnn(C)c4)CC3)nc2N(C2CCCC2)C1=O. The molecule has 34 heavy (non-hydrogen) atoms. The van der Waals surface area contributed by atoms with Gasteiger partial charge in [0, 0.05) is 38.4 Å². The molecule has 4 heterocycles. The van der Waals surface area contributed by atoms with Crippen molar-refractivity contribution < 1.29 is 17.9 Å². The predicted octanol–water partition coefficient (Wildman–Crippen LogP) is 1.92. The minimum Gasteiger partial charge on any atom is -0.475 e. The third-order valence-electron chi connectivity index (χ3n) is 6.91. The van der Waals surface area contributed by atoms with Crippen LogP contribution in [0.4, 0.5) is 11.8 Å². The number of sulfonamides is 1. The van der Waals surface area contributed by atoms with Crippen LogP contribution in [-0.4, -0.2) is 69.7 Å². The molecule has 2 aliphatic heterocycles. The van der Waals surface area contributed by atoms with Crippen molar-refractivity contribution in [1.29, 1.82) is 0 Å². The highest BCUT2D eigenvalue weighted by atomic mass is 32.2. The normalized spacial score (nSPS) is 22.6. The number of hydrogen-bond donors (Lipinski definition) is 1. The number of piperidine rings is 1. The summed E-state index contributed by atoms with van der Waals surface area (Å²) in [6.45, 7) is 2.74. The molecule has 1 atom stereocenters. The molecule has 2 fully saturated rings. The van der Waals surface area contributed by atoms with E-state index >= 15 is 0 Å². The van der Waals surface area contributed by atoms with Crippen molar-refractivity contribution in [2.75, 3.05) is 23.3 Å². The summed E-state index contributed by atoms with van der Waals surface area (Å²) in [4.78, 5) is 24.3. The summed E-state index contributed by atoms with van der Waals surface area (Å²) in [7, 11) is -1.85. The quantitative estimate of drug-likeness (QED) is 0.653. The van der Waals surface area contributed by atoms with E-state index in [0.717, 1.165) is 25.7 Å². The van der Waals surface area contributed by atoms with Crippen molar-refractivity contribution in [2.24, 2.45) is 7.05 Å². The molecular weight excluding hydrogens is 458 g/mol. The molecule has 0 bridgehead atoms. The average molecular weight is 490 g/mol. The first-order chi connectivity index (χ1) is 16.4. The lowest BCUT2D eigenvalue weighted by atomic mass is 10.1. The second-order valence-corrected chi connectivity index (χ2v) is 11.2. The zero-order valence-electron chi connectivity index (χ0n) is 19.6. The molecule has 1 amide bonds. The van der Waals surface area contributed by atoms with Gasteiger partial charge in [0.1, 0.15) is 4.90 Å². The zero-order chi connectivity index (χ0) is 23.9. The van der Waals surface area contributed by atoms with Crippen molar-refractivity contribution in [3.05, 3.63) is 18.6 Å².